The van der Waals surface area contributed by atoms with E-state index in [0.29, 0.717) is 12.3 Å². The molecule has 0 aliphatic carbocycles. The summed E-state index contributed by atoms with van der Waals surface area (Å²) in [5.41, 5.74) is 4.85. The van der Waals surface area contributed by atoms with E-state index in [-0.39, 0.29) is 18.2 Å². The van der Waals surface area contributed by atoms with E-state index in [0.717, 1.165) is 34.4 Å². The molecule has 1 fully saturated rings. The summed E-state index contributed by atoms with van der Waals surface area (Å²) in [7, 11) is 1.60. The van der Waals surface area contributed by atoms with Crippen molar-refractivity contribution >= 4 is 45.0 Å². The third-order valence-corrected chi connectivity index (χ3v) is 6.56. The fourth-order valence-corrected chi connectivity index (χ4v) is 4.84. The van der Waals surface area contributed by atoms with Crippen LogP contribution in [0, 0.1) is 12.8 Å². The number of fused-ring (bicyclic) bond motifs is 3. The Bertz CT molecular complexity index is 1390. The standard InChI is InChI=1S/C27H27N3O3/c1-4-29-23-8-6-5-7-21(23)22-14-19(10-12-24(22)29)28-27(32)18-13-26(31)30(16-18)25-15-20(33-3)11-9-17(25)2/h5-12,14-15,18H,4,13,16H2,1-3H3,(H,28,32). The molecule has 1 aliphatic rings. The normalized spacial score (nSPS) is 16.0. The molecule has 6 heteroatoms. The molecule has 1 unspecified atom stereocenters. The number of ether oxygens (including phenoxy) is 1. The Hall–Kier alpha value is -3.80. The van der Waals surface area contributed by atoms with Gasteiger partial charge in [-0.2, -0.15) is 0 Å². The van der Waals surface area contributed by atoms with E-state index in [1.54, 1.807) is 12.0 Å². The minimum absolute atomic E-state index is 0.0482. The number of benzene rings is 3. The number of nitrogens with zero attached hydrogens (tertiary/aromatic N) is 2. The summed E-state index contributed by atoms with van der Waals surface area (Å²) in [6.45, 7) is 5.32. The summed E-state index contributed by atoms with van der Waals surface area (Å²) in [5.74, 6) is 0.101. The van der Waals surface area contributed by atoms with Crippen LogP contribution in [0.4, 0.5) is 11.4 Å². The van der Waals surface area contributed by atoms with Crippen LogP contribution in [0.15, 0.2) is 60.7 Å². The molecule has 1 atom stereocenters. The van der Waals surface area contributed by atoms with Crippen LogP contribution in [0.1, 0.15) is 18.9 Å². The maximum Gasteiger partial charge on any atom is 0.229 e. The lowest BCUT2D eigenvalue weighted by Crippen LogP contribution is -2.28. The van der Waals surface area contributed by atoms with Gasteiger partial charge < -0.3 is 19.5 Å². The van der Waals surface area contributed by atoms with E-state index in [9.17, 15) is 9.59 Å². The van der Waals surface area contributed by atoms with E-state index in [4.69, 9.17) is 4.74 Å². The highest BCUT2D eigenvalue weighted by molar-refractivity contribution is 6.10. The average molecular weight is 442 g/mol. The highest BCUT2D eigenvalue weighted by Crippen LogP contribution is 2.33. The number of anilines is 2. The Morgan fingerprint density at radius 3 is 2.64 bits per heavy atom. The number of methoxy groups -OCH3 is 1. The molecule has 5 rings (SSSR count). The van der Waals surface area contributed by atoms with Gasteiger partial charge in [0, 0.05) is 53.1 Å². The van der Waals surface area contributed by atoms with E-state index >= 15 is 0 Å². The molecule has 4 aromatic rings. The molecule has 1 aliphatic heterocycles. The summed E-state index contributed by atoms with van der Waals surface area (Å²) in [6.07, 6.45) is 0.194. The zero-order valence-corrected chi connectivity index (χ0v) is 19.1. The number of amides is 2. The average Bonchev–Trinajstić information content (AvgIpc) is 3.37. The van der Waals surface area contributed by atoms with Crippen LogP contribution in [-0.2, 0) is 16.1 Å². The molecule has 0 spiro atoms. The predicted molar refractivity (Wildman–Crippen MR) is 132 cm³/mol. The zero-order chi connectivity index (χ0) is 23.1. The van der Waals surface area contributed by atoms with Crippen LogP contribution < -0.4 is 15.0 Å². The highest BCUT2D eigenvalue weighted by atomic mass is 16.5. The molecule has 168 valence electrons. The smallest absolute Gasteiger partial charge is 0.229 e. The maximum absolute atomic E-state index is 13.1. The molecule has 1 aromatic heterocycles. The SMILES string of the molecule is CCn1c2ccccc2c2cc(NC(=O)C3CC(=O)N(c4cc(OC)ccc4C)C3)ccc21. The van der Waals surface area contributed by atoms with Crippen LogP contribution in [0.3, 0.4) is 0 Å². The minimum Gasteiger partial charge on any atom is -0.497 e. The maximum atomic E-state index is 13.1. The molecule has 1 saturated heterocycles. The quantitative estimate of drug-likeness (QED) is 0.467. The number of carbonyl (C=O) groups excluding carboxylic acids is 2. The first-order chi connectivity index (χ1) is 16.0. The lowest BCUT2D eigenvalue weighted by Gasteiger charge is -2.20. The van der Waals surface area contributed by atoms with Gasteiger partial charge in [-0.25, -0.2) is 0 Å². The molecular formula is C27H27N3O3. The molecule has 6 nitrogen and oxygen atoms in total. The van der Waals surface area contributed by atoms with Gasteiger partial charge in [-0.1, -0.05) is 24.3 Å². The number of nitrogens with one attached hydrogen (secondary N) is 1. The van der Waals surface area contributed by atoms with E-state index < -0.39 is 5.92 Å². The Morgan fingerprint density at radius 1 is 1.06 bits per heavy atom. The molecule has 2 heterocycles. The molecule has 3 aromatic carbocycles. The molecule has 0 saturated carbocycles. The highest BCUT2D eigenvalue weighted by Gasteiger charge is 2.36. The van der Waals surface area contributed by atoms with Gasteiger partial charge in [0.25, 0.3) is 0 Å². The van der Waals surface area contributed by atoms with Crippen molar-refractivity contribution in [2.75, 3.05) is 23.9 Å². The summed E-state index contributed by atoms with van der Waals surface area (Å²) < 4.78 is 7.59. The molecule has 0 bridgehead atoms. The van der Waals surface area contributed by atoms with Gasteiger partial charge in [0.15, 0.2) is 0 Å². The third-order valence-electron chi connectivity index (χ3n) is 6.56. The van der Waals surface area contributed by atoms with Crippen LogP contribution in [0.5, 0.6) is 5.75 Å². The van der Waals surface area contributed by atoms with Crippen molar-refractivity contribution in [2.45, 2.75) is 26.8 Å². The van der Waals surface area contributed by atoms with Crippen molar-refractivity contribution < 1.29 is 14.3 Å². The van der Waals surface area contributed by atoms with Crippen LogP contribution in [0.2, 0.25) is 0 Å². The predicted octanol–water partition coefficient (Wildman–Crippen LogP) is 5.12. The number of hydrogen-bond acceptors (Lipinski definition) is 3. The van der Waals surface area contributed by atoms with Gasteiger partial charge in [-0.3, -0.25) is 9.59 Å². The largest absolute Gasteiger partial charge is 0.497 e. The second-order valence-corrected chi connectivity index (χ2v) is 8.54. The van der Waals surface area contributed by atoms with Crippen molar-refractivity contribution in [3.8, 4) is 5.75 Å². The number of carbonyl (C=O) groups is 2. The summed E-state index contributed by atoms with van der Waals surface area (Å²) >= 11 is 0. The third kappa shape index (κ3) is 3.61. The molecular weight excluding hydrogens is 414 g/mol. The second-order valence-electron chi connectivity index (χ2n) is 8.54. The summed E-state index contributed by atoms with van der Waals surface area (Å²) in [4.78, 5) is 27.5. The molecule has 0 radical (unpaired) electrons. The van der Waals surface area contributed by atoms with Crippen molar-refractivity contribution in [2.24, 2.45) is 5.92 Å². The van der Waals surface area contributed by atoms with Crippen molar-refractivity contribution in [1.29, 1.82) is 0 Å². The van der Waals surface area contributed by atoms with Gasteiger partial charge in [0.05, 0.1) is 18.7 Å². The number of hydrogen-bond donors (Lipinski definition) is 1. The van der Waals surface area contributed by atoms with E-state index in [1.807, 2.05) is 49.4 Å². The minimum atomic E-state index is -0.407. The van der Waals surface area contributed by atoms with Gasteiger partial charge in [-0.05, 0) is 49.7 Å². The van der Waals surface area contributed by atoms with E-state index in [2.05, 4.69) is 35.0 Å². The van der Waals surface area contributed by atoms with Crippen LogP contribution in [-0.4, -0.2) is 30.0 Å². The van der Waals surface area contributed by atoms with Gasteiger partial charge in [-0.15, -0.1) is 0 Å². The van der Waals surface area contributed by atoms with Crippen molar-refractivity contribution in [3.63, 3.8) is 0 Å². The Labute approximate surface area is 192 Å². The summed E-state index contributed by atoms with van der Waals surface area (Å²) in [5, 5.41) is 5.33. The Balaban J connectivity index is 1.39. The van der Waals surface area contributed by atoms with Crippen LogP contribution >= 0.6 is 0 Å². The number of para-hydroxylation sites is 1. The van der Waals surface area contributed by atoms with Crippen LogP contribution in [0.25, 0.3) is 21.8 Å². The lowest BCUT2D eigenvalue weighted by atomic mass is 10.1. The number of aromatic nitrogens is 1. The first-order valence-corrected chi connectivity index (χ1v) is 11.3. The molecule has 33 heavy (non-hydrogen) atoms. The monoisotopic (exact) mass is 441 g/mol. The fourth-order valence-electron chi connectivity index (χ4n) is 4.84. The van der Waals surface area contributed by atoms with Gasteiger partial charge >= 0.3 is 0 Å². The lowest BCUT2D eigenvalue weighted by molar-refractivity contribution is -0.122. The number of aryl methyl sites for hydroxylation is 2. The fraction of sp³-hybridized carbons (Fsp3) is 0.259. The zero-order valence-electron chi connectivity index (χ0n) is 19.1. The van der Waals surface area contributed by atoms with Crippen molar-refractivity contribution in [3.05, 3.63) is 66.2 Å². The Kier molecular flexibility index (Phi) is 5.29. The van der Waals surface area contributed by atoms with E-state index in [1.165, 1.54) is 10.9 Å². The summed E-state index contributed by atoms with van der Waals surface area (Å²) in [6, 6.07) is 20.0. The Morgan fingerprint density at radius 2 is 1.85 bits per heavy atom. The molecule has 1 N–H and O–H groups in total. The number of rotatable bonds is 5. The topological polar surface area (TPSA) is 63.6 Å². The second kappa shape index (κ2) is 8.28. The first-order valence-electron chi connectivity index (χ1n) is 11.3. The van der Waals surface area contributed by atoms with Gasteiger partial charge in [0.1, 0.15) is 5.75 Å². The van der Waals surface area contributed by atoms with Crippen molar-refractivity contribution in [1.82, 2.24) is 4.57 Å². The first kappa shape index (κ1) is 21.1. The molecule has 2 amide bonds. The van der Waals surface area contributed by atoms with Gasteiger partial charge in [0.2, 0.25) is 11.8 Å².